The summed E-state index contributed by atoms with van der Waals surface area (Å²) < 4.78 is 30.5. The zero-order valence-corrected chi connectivity index (χ0v) is 17.2. The smallest absolute Gasteiger partial charge is 0.270 e. The standard InChI is InChI=1S/C26H24F2N2/c1-4-19-13-14-24-23(15-19)29-25(16-20-11-9-18(2)10-12-20)30(24)17-21-7-5-6-8-22(21)26(3,27)28/h4-15H,1,16-17H2,2-3H3. The maximum absolute atomic E-state index is 14.2. The van der Waals surface area contributed by atoms with Gasteiger partial charge in [-0.05, 0) is 35.7 Å². The lowest BCUT2D eigenvalue weighted by atomic mass is 10.0. The van der Waals surface area contributed by atoms with Crippen molar-refractivity contribution in [1.82, 2.24) is 9.55 Å². The lowest BCUT2D eigenvalue weighted by Gasteiger charge is -2.17. The van der Waals surface area contributed by atoms with Crippen LogP contribution >= 0.6 is 0 Å². The highest BCUT2D eigenvalue weighted by molar-refractivity contribution is 5.79. The molecule has 0 atom stereocenters. The Labute approximate surface area is 175 Å². The Morgan fingerprint density at radius 1 is 1.03 bits per heavy atom. The van der Waals surface area contributed by atoms with Gasteiger partial charge in [-0.15, -0.1) is 0 Å². The molecule has 30 heavy (non-hydrogen) atoms. The molecule has 0 saturated carbocycles. The summed E-state index contributed by atoms with van der Waals surface area (Å²) >= 11 is 0. The van der Waals surface area contributed by atoms with Crippen LogP contribution < -0.4 is 0 Å². The number of aryl methyl sites for hydroxylation is 1. The summed E-state index contributed by atoms with van der Waals surface area (Å²) in [5.74, 6) is -2.05. The first-order valence-corrected chi connectivity index (χ1v) is 9.98. The van der Waals surface area contributed by atoms with E-state index < -0.39 is 5.92 Å². The molecule has 0 fully saturated rings. The van der Waals surface area contributed by atoms with Gasteiger partial charge in [0, 0.05) is 25.5 Å². The van der Waals surface area contributed by atoms with Crippen molar-refractivity contribution in [3.05, 3.63) is 107 Å². The van der Waals surface area contributed by atoms with Gasteiger partial charge < -0.3 is 4.57 Å². The minimum absolute atomic E-state index is 0.0517. The van der Waals surface area contributed by atoms with E-state index in [1.165, 1.54) is 11.6 Å². The van der Waals surface area contributed by atoms with E-state index >= 15 is 0 Å². The van der Waals surface area contributed by atoms with E-state index in [2.05, 4.69) is 37.8 Å². The number of rotatable bonds is 6. The molecular weight excluding hydrogens is 378 g/mol. The molecule has 4 rings (SSSR count). The quantitative estimate of drug-likeness (QED) is 0.349. The summed E-state index contributed by atoms with van der Waals surface area (Å²) in [6.45, 7) is 7.17. The Balaban J connectivity index is 1.83. The molecule has 0 spiro atoms. The number of hydrogen-bond acceptors (Lipinski definition) is 1. The van der Waals surface area contributed by atoms with Gasteiger partial charge in [-0.1, -0.05) is 72.8 Å². The number of nitrogens with zero attached hydrogens (tertiary/aromatic N) is 2. The summed E-state index contributed by atoms with van der Waals surface area (Å²) in [5, 5.41) is 0. The van der Waals surface area contributed by atoms with Crippen molar-refractivity contribution < 1.29 is 8.78 Å². The second kappa shape index (κ2) is 7.86. The minimum atomic E-state index is -2.90. The Bertz CT molecular complexity index is 1200. The van der Waals surface area contributed by atoms with Crippen LogP contribution in [0.2, 0.25) is 0 Å². The van der Waals surface area contributed by atoms with Gasteiger partial charge in [-0.2, -0.15) is 0 Å². The maximum Gasteiger partial charge on any atom is 0.270 e. The lowest BCUT2D eigenvalue weighted by molar-refractivity contribution is 0.0164. The van der Waals surface area contributed by atoms with Gasteiger partial charge in [0.2, 0.25) is 0 Å². The predicted molar refractivity (Wildman–Crippen MR) is 119 cm³/mol. The third-order valence-corrected chi connectivity index (χ3v) is 5.39. The molecule has 4 heteroatoms. The number of halogens is 2. The second-order valence-electron chi connectivity index (χ2n) is 7.77. The SMILES string of the molecule is C=Cc1ccc2c(c1)nc(Cc1ccc(C)cc1)n2Cc1ccccc1C(C)(F)F. The summed E-state index contributed by atoms with van der Waals surface area (Å²) in [5.41, 5.74) is 5.73. The molecule has 0 aliphatic heterocycles. The van der Waals surface area contributed by atoms with Gasteiger partial charge in [0.15, 0.2) is 0 Å². The van der Waals surface area contributed by atoms with E-state index in [9.17, 15) is 8.78 Å². The molecule has 0 aliphatic carbocycles. The molecule has 0 radical (unpaired) electrons. The predicted octanol–water partition coefficient (Wildman–Crippen LogP) is 6.74. The first-order chi connectivity index (χ1) is 14.3. The van der Waals surface area contributed by atoms with Crippen molar-refractivity contribution in [3.63, 3.8) is 0 Å². The zero-order chi connectivity index (χ0) is 21.3. The number of hydrogen-bond donors (Lipinski definition) is 0. The molecule has 0 bridgehead atoms. The van der Waals surface area contributed by atoms with Crippen molar-refractivity contribution in [3.8, 4) is 0 Å². The molecule has 0 aliphatic rings. The van der Waals surface area contributed by atoms with Crippen LogP contribution in [0.25, 0.3) is 17.1 Å². The molecule has 2 nitrogen and oxygen atoms in total. The first kappa shape index (κ1) is 20.0. The van der Waals surface area contributed by atoms with E-state index in [1.54, 1.807) is 24.3 Å². The highest BCUT2D eigenvalue weighted by Crippen LogP contribution is 2.31. The molecule has 1 heterocycles. The van der Waals surface area contributed by atoms with Gasteiger partial charge in [0.1, 0.15) is 5.82 Å². The van der Waals surface area contributed by atoms with E-state index in [1.807, 2.05) is 22.8 Å². The highest BCUT2D eigenvalue weighted by Gasteiger charge is 2.27. The molecule has 0 N–H and O–H groups in total. The number of fused-ring (bicyclic) bond motifs is 1. The van der Waals surface area contributed by atoms with Crippen LogP contribution in [0.5, 0.6) is 0 Å². The van der Waals surface area contributed by atoms with Crippen molar-refractivity contribution in [1.29, 1.82) is 0 Å². The van der Waals surface area contributed by atoms with E-state index in [-0.39, 0.29) is 5.56 Å². The Hall–Kier alpha value is -3.27. The number of alkyl halides is 2. The lowest BCUT2D eigenvalue weighted by Crippen LogP contribution is -2.14. The Morgan fingerprint density at radius 2 is 1.77 bits per heavy atom. The van der Waals surface area contributed by atoms with Gasteiger partial charge in [0.05, 0.1) is 11.0 Å². The molecule has 152 valence electrons. The summed E-state index contributed by atoms with van der Waals surface area (Å²) in [6, 6.07) is 21.0. The van der Waals surface area contributed by atoms with Crippen LogP contribution in [0.3, 0.4) is 0 Å². The fraction of sp³-hybridized carbons (Fsp3) is 0.192. The zero-order valence-electron chi connectivity index (χ0n) is 17.2. The van der Waals surface area contributed by atoms with E-state index in [4.69, 9.17) is 4.98 Å². The molecule has 1 aromatic heterocycles. The van der Waals surface area contributed by atoms with Crippen molar-refractivity contribution in [2.45, 2.75) is 32.7 Å². The van der Waals surface area contributed by atoms with Crippen LogP contribution in [-0.4, -0.2) is 9.55 Å². The average molecular weight is 402 g/mol. The third-order valence-electron chi connectivity index (χ3n) is 5.39. The van der Waals surface area contributed by atoms with Gasteiger partial charge in [-0.25, -0.2) is 13.8 Å². The van der Waals surface area contributed by atoms with E-state index in [0.717, 1.165) is 34.9 Å². The molecule has 0 saturated heterocycles. The number of aromatic nitrogens is 2. The molecule has 0 amide bonds. The average Bonchev–Trinajstić information content (AvgIpc) is 3.05. The van der Waals surface area contributed by atoms with Crippen LogP contribution in [-0.2, 0) is 18.9 Å². The van der Waals surface area contributed by atoms with Crippen LogP contribution in [0.4, 0.5) is 8.78 Å². The van der Waals surface area contributed by atoms with Gasteiger partial charge >= 0.3 is 0 Å². The molecule has 4 aromatic rings. The van der Waals surface area contributed by atoms with Crippen LogP contribution in [0.15, 0.2) is 73.3 Å². The van der Waals surface area contributed by atoms with Gasteiger partial charge in [0.25, 0.3) is 5.92 Å². The normalized spacial score (nSPS) is 11.7. The summed E-state index contributed by atoms with van der Waals surface area (Å²) in [4.78, 5) is 4.85. The second-order valence-corrected chi connectivity index (χ2v) is 7.77. The van der Waals surface area contributed by atoms with Crippen LogP contribution in [0.1, 0.15) is 40.6 Å². The monoisotopic (exact) mass is 402 g/mol. The summed E-state index contributed by atoms with van der Waals surface area (Å²) in [7, 11) is 0. The Kier molecular flexibility index (Phi) is 5.25. The van der Waals surface area contributed by atoms with Crippen molar-refractivity contribution >= 4 is 17.1 Å². The minimum Gasteiger partial charge on any atom is -0.323 e. The largest absolute Gasteiger partial charge is 0.323 e. The molecule has 0 unspecified atom stereocenters. The topological polar surface area (TPSA) is 17.8 Å². The van der Waals surface area contributed by atoms with Crippen LogP contribution in [0, 0.1) is 6.92 Å². The van der Waals surface area contributed by atoms with E-state index in [0.29, 0.717) is 18.5 Å². The Morgan fingerprint density at radius 3 is 2.47 bits per heavy atom. The fourth-order valence-electron chi connectivity index (χ4n) is 3.78. The molecular formula is C26H24F2N2. The molecule has 3 aromatic carbocycles. The van der Waals surface area contributed by atoms with Crippen molar-refractivity contribution in [2.75, 3.05) is 0 Å². The van der Waals surface area contributed by atoms with Gasteiger partial charge in [-0.3, -0.25) is 0 Å². The van der Waals surface area contributed by atoms with Crippen molar-refractivity contribution in [2.24, 2.45) is 0 Å². The maximum atomic E-state index is 14.2. The first-order valence-electron chi connectivity index (χ1n) is 9.98. The number of imidazole rings is 1. The fourth-order valence-corrected chi connectivity index (χ4v) is 3.78. The summed E-state index contributed by atoms with van der Waals surface area (Å²) in [6.07, 6.45) is 2.41. The number of benzene rings is 3. The third kappa shape index (κ3) is 4.04. The highest BCUT2D eigenvalue weighted by atomic mass is 19.3.